The van der Waals surface area contributed by atoms with Crippen LogP contribution in [0.5, 0.6) is 0 Å². The lowest BCUT2D eigenvalue weighted by Crippen LogP contribution is -2.32. The molecule has 0 saturated heterocycles. The Bertz CT molecular complexity index is 696. The highest BCUT2D eigenvalue weighted by Crippen LogP contribution is 2.33. The number of hydrogen-bond donors (Lipinski definition) is 2. The molecular weight excluding hydrogens is 258 g/mol. The Morgan fingerprint density at radius 1 is 1.55 bits per heavy atom. The Kier molecular flexibility index (Phi) is 2.78. The van der Waals surface area contributed by atoms with Crippen LogP contribution < -0.4 is 11.1 Å². The highest BCUT2D eigenvalue weighted by Gasteiger charge is 2.33. The predicted molar refractivity (Wildman–Crippen MR) is 71.6 cm³/mol. The minimum absolute atomic E-state index is 0.445. The summed E-state index contributed by atoms with van der Waals surface area (Å²) in [5.41, 5.74) is 7.36. The summed E-state index contributed by atoms with van der Waals surface area (Å²) in [5, 5.41) is 11.7. The van der Waals surface area contributed by atoms with E-state index in [4.69, 9.17) is 5.73 Å². The second-order valence-electron chi connectivity index (χ2n) is 4.55. The summed E-state index contributed by atoms with van der Waals surface area (Å²) in [6.45, 7) is 4.54. The van der Waals surface area contributed by atoms with Gasteiger partial charge in [-0.2, -0.15) is 15.2 Å². The van der Waals surface area contributed by atoms with Crippen LogP contribution in [0.3, 0.4) is 0 Å². The minimum Gasteiger partial charge on any atom is -0.366 e. The second kappa shape index (κ2) is 4.48. The van der Waals surface area contributed by atoms with E-state index in [1.165, 1.54) is 6.33 Å². The van der Waals surface area contributed by atoms with Gasteiger partial charge in [0.25, 0.3) is 0 Å². The third-order valence-electron chi connectivity index (χ3n) is 3.33. The molecule has 1 aliphatic rings. The molecular formula is C12H15N7O. The van der Waals surface area contributed by atoms with Crippen LogP contribution in [0.4, 0.5) is 5.95 Å². The Hall–Kier alpha value is -2.64. The van der Waals surface area contributed by atoms with E-state index in [9.17, 15) is 4.79 Å². The molecule has 0 aromatic carbocycles. The van der Waals surface area contributed by atoms with Gasteiger partial charge in [-0.1, -0.05) is 0 Å². The van der Waals surface area contributed by atoms with E-state index in [0.29, 0.717) is 22.9 Å². The van der Waals surface area contributed by atoms with E-state index < -0.39 is 11.9 Å². The van der Waals surface area contributed by atoms with Crippen LogP contribution in [0.25, 0.3) is 0 Å². The Morgan fingerprint density at radius 3 is 3.00 bits per heavy atom. The number of amides is 1. The molecule has 3 N–H and O–H groups in total. The van der Waals surface area contributed by atoms with Gasteiger partial charge in [-0.05, 0) is 19.9 Å². The van der Waals surface area contributed by atoms with E-state index >= 15 is 0 Å². The number of hydrogen-bond acceptors (Lipinski definition) is 5. The molecule has 104 valence electrons. The van der Waals surface area contributed by atoms with Crippen LogP contribution in [0.1, 0.15) is 25.6 Å². The molecule has 20 heavy (non-hydrogen) atoms. The Labute approximate surface area is 115 Å². The summed E-state index contributed by atoms with van der Waals surface area (Å²) in [4.78, 5) is 15.9. The van der Waals surface area contributed by atoms with Crippen molar-refractivity contribution < 1.29 is 4.79 Å². The molecule has 1 aliphatic heterocycles. The molecule has 0 saturated carbocycles. The molecule has 0 unspecified atom stereocenters. The van der Waals surface area contributed by atoms with Gasteiger partial charge in [0.15, 0.2) is 0 Å². The summed E-state index contributed by atoms with van der Waals surface area (Å²) in [6.07, 6.45) is 3.30. The van der Waals surface area contributed by atoms with Crippen molar-refractivity contribution in [3.05, 3.63) is 35.6 Å². The van der Waals surface area contributed by atoms with Gasteiger partial charge in [0.1, 0.15) is 12.4 Å². The molecule has 1 atom stereocenters. The maximum Gasteiger partial charge on any atom is 0.248 e. The standard InChI is InChI=1S/C12H15N7O/c1-3-18-5-4-8(17-18)10-9(11(13)20)7(2)16-12-14-6-15-19(10)12/h4-6,10H,3H2,1-2H3,(H2,13,20)(H,14,15,16)/t10-/m0/s1. The minimum atomic E-state index is -0.493. The number of nitrogens with two attached hydrogens (primary N) is 1. The van der Waals surface area contributed by atoms with Crippen molar-refractivity contribution >= 4 is 11.9 Å². The van der Waals surface area contributed by atoms with Gasteiger partial charge >= 0.3 is 0 Å². The molecule has 1 amide bonds. The zero-order chi connectivity index (χ0) is 14.3. The molecule has 0 aliphatic carbocycles. The highest BCUT2D eigenvalue weighted by molar-refractivity contribution is 5.95. The first-order valence-electron chi connectivity index (χ1n) is 6.32. The molecule has 0 radical (unpaired) electrons. The molecule has 0 fully saturated rings. The number of nitrogens with one attached hydrogen (secondary N) is 1. The number of rotatable bonds is 3. The first kappa shape index (κ1) is 12.4. The average molecular weight is 273 g/mol. The van der Waals surface area contributed by atoms with Gasteiger partial charge in [-0.15, -0.1) is 0 Å². The third kappa shape index (κ3) is 1.77. The predicted octanol–water partition coefficient (Wildman–Crippen LogP) is 0.269. The lowest BCUT2D eigenvalue weighted by atomic mass is 10.00. The number of aryl methyl sites for hydroxylation is 1. The molecule has 3 rings (SSSR count). The highest BCUT2D eigenvalue weighted by atomic mass is 16.1. The summed E-state index contributed by atoms with van der Waals surface area (Å²) >= 11 is 0. The summed E-state index contributed by atoms with van der Waals surface area (Å²) in [7, 11) is 0. The van der Waals surface area contributed by atoms with Gasteiger partial charge in [0, 0.05) is 18.4 Å². The molecule has 0 spiro atoms. The quantitative estimate of drug-likeness (QED) is 0.835. The number of carbonyl (C=O) groups excluding carboxylic acids is 1. The van der Waals surface area contributed by atoms with Crippen LogP contribution >= 0.6 is 0 Å². The summed E-state index contributed by atoms with van der Waals surface area (Å²) in [5.74, 6) is 0.0794. The van der Waals surface area contributed by atoms with Crippen LogP contribution in [0, 0.1) is 0 Å². The smallest absolute Gasteiger partial charge is 0.248 e. The molecule has 2 aromatic rings. The molecule has 8 nitrogen and oxygen atoms in total. The number of primary amides is 1. The van der Waals surface area contributed by atoms with E-state index in [1.807, 2.05) is 19.2 Å². The Morgan fingerprint density at radius 2 is 2.35 bits per heavy atom. The molecule has 0 bridgehead atoms. The number of nitrogens with zero attached hydrogens (tertiary/aromatic N) is 5. The molecule has 8 heteroatoms. The van der Waals surface area contributed by atoms with E-state index in [1.54, 1.807) is 16.3 Å². The fourth-order valence-electron chi connectivity index (χ4n) is 2.38. The normalized spacial score (nSPS) is 17.8. The Balaban J connectivity index is 2.16. The summed E-state index contributed by atoms with van der Waals surface area (Å²) < 4.78 is 3.41. The maximum absolute atomic E-state index is 11.8. The number of aromatic nitrogens is 5. The number of allylic oxidation sites excluding steroid dienone is 1. The second-order valence-corrected chi connectivity index (χ2v) is 4.55. The van der Waals surface area contributed by atoms with Crippen molar-refractivity contribution in [1.82, 2.24) is 24.5 Å². The lowest BCUT2D eigenvalue weighted by Gasteiger charge is -2.26. The van der Waals surface area contributed by atoms with Crippen molar-refractivity contribution in [2.24, 2.45) is 5.73 Å². The zero-order valence-corrected chi connectivity index (χ0v) is 11.2. The van der Waals surface area contributed by atoms with E-state index in [2.05, 4.69) is 20.5 Å². The molecule has 3 heterocycles. The van der Waals surface area contributed by atoms with Gasteiger partial charge in [0.2, 0.25) is 11.9 Å². The number of carbonyl (C=O) groups is 1. The van der Waals surface area contributed by atoms with Crippen LogP contribution in [-0.4, -0.2) is 30.5 Å². The van der Waals surface area contributed by atoms with Crippen molar-refractivity contribution in [1.29, 1.82) is 0 Å². The average Bonchev–Trinajstić information content (AvgIpc) is 3.04. The van der Waals surface area contributed by atoms with Crippen molar-refractivity contribution in [3.8, 4) is 0 Å². The van der Waals surface area contributed by atoms with Gasteiger partial charge in [-0.25, -0.2) is 4.68 Å². The topological polar surface area (TPSA) is 104 Å². The van der Waals surface area contributed by atoms with E-state index in [-0.39, 0.29) is 0 Å². The first-order chi connectivity index (χ1) is 9.61. The van der Waals surface area contributed by atoms with Crippen LogP contribution in [0.15, 0.2) is 29.9 Å². The van der Waals surface area contributed by atoms with Crippen LogP contribution in [0.2, 0.25) is 0 Å². The van der Waals surface area contributed by atoms with Gasteiger partial charge in [0.05, 0.1) is 11.3 Å². The number of anilines is 1. The first-order valence-corrected chi connectivity index (χ1v) is 6.32. The largest absolute Gasteiger partial charge is 0.366 e. The maximum atomic E-state index is 11.8. The van der Waals surface area contributed by atoms with Gasteiger partial charge in [-0.3, -0.25) is 9.48 Å². The zero-order valence-electron chi connectivity index (χ0n) is 11.2. The van der Waals surface area contributed by atoms with Crippen molar-refractivity contribution in [2.75, 3.05) is 5.32 Å². The van der Waals surface area contributed by atoms with E-state index in [0.717, 1.165) is 6.54 Å². The number of fused-ring (bicyclic) bond motifs is 1. The monoisotopic (exact) mass is 273 g/mol. The van der Waals surface area contributed by atoms with Crippen molar-refractivity contribution in [2.45, 2.75) is 26.4 Å². The lowest BCUT2D eigenvalue weighted by molar-refractivity contribution is -0.115. The van der Waals surface area contributed by atoms with Gasteiger partial charge < -0.3 is 11.1 Å². The SMILES string of the molecule is CCn1ccc([C@H]2C(C(N)=O)=C(C)Nc3ncnn32)n1. The fourth-order valence-corrected chi connectivity index (χ4v) is 2.38. The third-order valence-corrected chi connectivity index (χ3v) is 3.33. The van der Waals surface area contributed by atoms with Crippen molar-refractivity contribution in [3.63, 3.8) is 0 Å². The summed E-state index contributed by atoms with van der Waals surface area (Å²) in [6, 6.07) is 1.42. The van der Waals surface area contributed by atoms with Crippen LogP contribution in [-0.2, 0) is 11.3 Å². The fraction of sp³-hybridized carbons (Fsp3) is 0.333. The molecule has 2 aromatic heterocycles.